The van der Waals surface area contributed by atoms with Gasteiger partial charge in [0.15, 0.2) is 23.0 Å². The zero-order valence-corrected chi connectivity index (χ0v) is 16.5. The van der Waals surface area contributed by atoms with Crippen molar-refractivity contribution in [1.29, 1.82) is 0 Å². The predicted molar refractivity (Wildman–Crippen MR) is 87.1 cm³/mol. The monoisotopic (exact) mass is 356 g/mol. The first-order valence-electron chi connectivity index (χ1n) is 7.92. The SMILES string of the molecule is Cc1c(O)c(O)c2c(O)c(O)ccc2c1CCCCCCC(=O)[O-].[Na+]. The third-order valence-corrected chi connectivity index (χ3v) is 4.31. The van der Waals surface area contributed by atoms with Crippen molar-refractivity contribution < 1.29 is 59.9 Å². The van der Waals surface area contributed by atoms with Crippen LogP contribution in [0.25, 0.3) is 10.8 Å². The number of rotatable bonds is 7. The fourth-order valence-electron chi connectivity index (χ4n) is 2.96. The van der Waals surface area contributed by atoms with Gasteiger partial charge < -0.3 is 30.3 Å². The number of benzene rings is 2. The minimum Gasteiger partial charge on any atom is -0.550 e. The molecule has 0 fully saturated rings. The molecule has 0 unspecified atom stereocenters. The van der Waals surface area contributed by atoms with E-state index in [1.807, 2.05) is 0 Å². The van der Waals surface area contributed by atoms with E-state index >= 15 is 0 Å². The molecule has 0 saturated heterocycles. The average Bonchev–Trinajstić information content (AvgIpc) is 2.54. The van der Waals surface area contributed by atoms with Crippen LogP contribution in [0, 0.1) is 6.92 Å². The molecule has 2 aromatic carbocycles. The second-order valence-corrected chi connectivity index (χ2v) is 5.94. The number of carbonyl (C=O) groups excluding carboxylic acids is 1. The summed E-state index contributed by atoms with van der Waals surface area (Å²) < 4.78 is 0. The van der Waals surface area contributed by atoms with Gasteiger partial charge in [-0.25, -0.2) is 0 Å². The van der Waals surface area contributed by atoms with Crippen molar-refractivity contribution in [2.45, 2.75) is 45.4 Å². The van der Waals surface area contributed by atoms with Gasteiger partial charge in [0.1, 0.15) is 0 Å². The Kier molecular flexibility index (Phi) is 7.86. The van der Waals surface area contributed by atoms with Crippen molar-refractivity contribution in [3.05, 3.63) is 23.3 Å². The van der Waals surface area contributed by atoms with Crippen LogP contribution in [0.15, 0.2) is 12.1 Å². The van der Waals surface area contributed by atoms with E-state index in [1.54, 1.807) is 13.0 Å². The molecule has 0 bridgehead atoms. The molecule has 7 heteroatoms. The van der Waals surface area contributed by atoms with Crippen LogP contribution in [0.5, 0.6) is 23.0 Å². The minimum atomic E-state index is -1.05. The third-order valence-electron chi connectivity index (χ3n) is 4.31. The van der Waals surface area contributed by atoms with Crippen molar-refractivity contribution in [3.63, 3.8) is 0 Å². The predicted octanol–water partition coefficient (Wildman–Crippen LogP) is -0.782. The zero-order valence-electron chi connectivity index (χ0n) is 14.5. The Morgan fingerprint density at radius 3 is 2.24 bits per heavy atom. The smallest absolute Gasteiger partial charge is 0.550 e. The van der Waals surface area contributed by atoms with Crippen molar-refractivity contribution >= 4 is 16.7 Å². The number of aliphatic carboxylic acids is 1. The molecule has 0 heterocycles. The summed E-state index contributed by atoms with van der Waals surface area (Å²) in [6.07, 6.45) is 3.58. The van der Waals surface area contributed by atoms with Crippen LogP contribution in [-0.2, 0) is 11.2 Å². The number of phenols is 4. The molecule has 0 aliphatic rings. The van der Waals surface area contributed by atoms with Gasteiger partial charge in [-0.3, -0.25) is 0 Å². The van der Waals surface area contributed by atoms with Crippen LogP contribution >= 0.6 is 0 Å². The Hall–Kier alpha value is -1.63. The van der Waals surface area contributed by atoms with Gasteiger partial charge in [-0.2, -0.15) is 0 Å². The Labute approximate surface area is 168 Å². The zero-order chi connectivity index (χ0) is 17.9. The topological polar surface area (TPSA) is 121 Å². The van der Waals surface area contributed by atoms with Gasteiger partial charge in [0, 0.05) is 5.97 Å². The van der Waals surface area contributed by atoms with Gasteiger partial charge in [0.25, 0.3) is 0 Å². The summed E-state index contributed by atoms with van der Waals surface area (Å²) in [6, 6.07) is 2.94. The van der Waals surface area contributed by atoms with E-state index in [1.165, 1.54) is 6.07 Å². The molecule has 6 nitrogen and oxygen atoms in total. The van der Waals surface area contributed by atoms with Crippen molar-refractivity contribution in [2.24, 2.45) is 0 Å². The van der Waals surface area contributed by atoms with Gasteiger partial charge in [-0.1, -0.05) is 12.8 Å². The van der Waals surface area contributed by atoms with E-state index in [-0.39, 0.29) is 52.9 Å². The van der Waals surface area contributed by atoms with Crippen LogP contribution in [0.1, 0.15) is 43.2 Å². The summed E-state index contributed by atoms with van der Waals surface area (Å²) in [6.45, 7) is 1.68. The molecular formula is C18H21NaO6. The normalized spacial score (nSPS) is 10.6. The first-order chi connectivity index (χ1) is 11.3. The van der Waals surface area contributed by atoms with Gasteiger partial charge >= 0.3 is 29.6 Å². The van der Waals surface area contributed by atoms with Gasteiger partial charge in [0.2, 0.25) is 0 Å². The Morgan fingerprint density at radius 2 is 1.60 bits per heavy atom. The molecule has 0 radical (unpaired) electrons. The van der Waals surface area contributed by atoms with Gasteiger partial charge in [-0.05, 0) is 61.3 Å². The second kappa shape index (κ2) is 9.17. The molecular weight excluding hydrogens is 335 g/mol. The van der Waals surface area contributed by atoms with Crippen LogP contribution in [-0.4, -0.2) is 26.4 Å². The summed E-state index contributed by atoms with van der Waals surface area (Å²) in [5, 5.41) is 50.7. The van der Waals surface area contributed by atoms with Gasteiger partial charge in [0.05, 0.1) is 5.39 Å². The van der Waals surface area contributed by atoms with Gasteiger partial charge in [-0.15, -0.1) is 0 Å². The summed E-state index contributed by atoms with van der Waals surface area (Å²) in [5.41, 5.74) is 1.32. The third kappa shape index (κ3) is 4.71. The summed E-state index contributed by atoms with van der Waals surface area (Å²) in [7, 11) is 0. The average molecular weight is 356 g/mol. The maximum Gasteiger partial charge on any atom is 1.00 e. The molecule has 2 rings (SSSR count). The maximum absolute atomic E-state index is 10.4. The van der Waals surface area contributed by atoms with Crippen LogP contribution in [0.3, 0.4) is 0 Å². The van der Waals surface area contributed by atoms with E-state index in [9.17, 15) is 30.3 Å². The minimum absolute atomic E-state index is 0. The number of hydrogen-bond acceptors (Lipinski definition) is 6. The summed E-state index contributed by atoms with van der Waals surface area (Å²) >= 11 is 0. The molecule has 0 saturated carbocycles. The van der Waals surface area contributed by atoms with E-state index in [4.69, 9.17) is 0 Å². The number of aromatic hydroxyl groups is 4. The van der Waals surface area contributed by atoms with E-state index < -0.39 is 17.5 Å². The number of unbranched alkanes of at least 4 members (excludes halogenated alkanes) is 3. The quantitative estimate of drug-likeness (QED) is 0.293. The molecule has 0 aliphatic carbocycles. The van der Waals surface area contributed by atoms with Crippen LogP contribution < -0.4 is 34.7 Å². The number of hydrogen-bond donors (Lipinski definition) is 4. The molecule has 2 aromatic rings. The van der Waals surface area contributed by atoms with Crippen molar-refractivity contribution in [1.82, 2.24) is 0 Å². The molecule has 0 atom stereocenters. The van der Waals surface area contributed by atoms with E-state index in [0.717, 1.165) is 24.8 Å². The standard InChI is InChI=1S/C18H22O6.Na/c1-10-11(6-4-2-3-5-7-14(20)21)12-8-9-13(19)17(23)15(12)18(24)16(10)22;/h8-9,19,22-24H,2-7H2,1H3,(H,20,21);/q;+1/p-1. The Morgan fingerprint density at radius 1 is 0.960 bits per heavy atom. The van der Waals surface area contributed by atoms with Crippen molar-refractivity contribution in [2.75, 3.05) is 0 Å². The molecule has 25 heavy (non-hydrogen) atoms. The Balaban J connectivity index is 0.00000312. The number of carboxylic acid groups (broad SMARTS) is 1. The number of fused-ring (bicyclic) bond motifs is 1. The first-order valence-corrected chi connectivity index (χ1v) is 7.92. The first kappa shape index (κ1) is 21.4. The largest absolute Gasteiger partial charge is 1.00 e. The van der Waals surface area contributed by atoms with Crippen molar-refractivity contribution in [3.8, 4) is 23.0 Å². The number of phenolic OH excluding ortho intramolecular Hbond substituents is 4. The summed E-state index contributed by atoms with van der Waals surface area (Å²) in [5.74, 6) is -2.63. The number of carboxylic acids is 1. The van der Waals surface area contributed by atoms with E-state index in [0.29, 0.717) is 23.8 Å². The molecule has 130 valence electrons. The Bertz CT molecular complexity index is 772. The number of carbonyl (C=O) groups is 1. The second-order valence-electron chi connectivity index (χ2n) is 5.94. The summed E-state index contributed by atoms with van der Waals surface area (Å²) in [4.78, 5) is 10.4. The van der Waals surface area contributed by atoms with Crippen LogP contribution in [0.4, 0.5) is 0 Å². The fourth-order valence-corrected chi connectivity index (χ4v) is 2.96. The molecule has 4 N–H and O–H groups in total. The van der Waals surface area contributed by atoms with Crippen LogP contribution in [0.2, 0.25) is 0 Å². The van der Waals surface area contributed by atoms with E-state index in [2.05, 4.69) is 0 Å². The molecule has 0 aromatic heterocycles. The fraction of sp³-hybridized carbons (Fsp3) is 0.389. The molecule has 0 aliphatic heterocycles. The number of aryl methyl sites for hydroxylation is 1. The maximum atomic E-state index is 10.4. The molecule has 0 amide bonds. The molecule has 0 spiro atoms.